The predicted octanol–water partition coefficient (Wildman–Crippen LogP) is 6.38. The van der Waals surface area contributed by atoms with E-state index in [0.29, 0.717) is 22.6 Å². The Balaban J connectivity index is 1.99. The van der Waals surface area contributed by atoms with Crippen LogP contribution in [0.15, 0.2) is 82.8 Å². The number of halogens is 1. The van der Waals surface area contributed by atoms with E-state index < -0.39 is 17.7 Å². The lowest BCUT2D eigenvalue weighted by molar-refractivity contribution is -0.132. The number of hydrogen-bond acceptors (Lipinski definition) is 4. The van der Waals surface area contributed by atoms with Crippen LogP contribution >= 0.6 is 15.9 Å². The average Bonchev–Trinajstić information content (AvgIpc) is 3.09. The molecule has 34 heavy (non-hydrogen) atoms. The molecule has 1 heterocycles. The molecule has 0 aromatic heterocycles. The Morgan fingerprint density at radius 1 is 0.971 bits per heavy atom. The molecule has 0 spiro atoms. The van der Waals surface area contributed by atoms with Crippen molar-refractivity contribution < 1.29 is 19.4 Å². The lowest BCUT2D eigenvalue weighted by Gasteiger charge is -2.26. The maximum Gasteiger partial charge on any atom is 0.300 e. The minimum Gasteiger partial charge on any atom is -0.507 e. The Labute approximate surface area is 207 Å². The Morgan fingerprint density at radius 2 is 1.62 bits per heavy atom. The SMILES string of the molecule is COc1ccc(C(C)(C)C)cc1/C(O)=C1\C(=O)C(=O)N(c2ccccc2)C1c1ccc(Br)cc1. The molecule has 1 N–H and O–H groups in total. The van der Waals surface area contributed by atoms with Crippen LogP contribution < -0.4 is 9.64 Å². The summed E-state index contributed by atoms with van der Waals surface area (Å²) in [6.07, 6.45) is 0. The van der Waals surface area contributed by atoms with E-state index in [4.69, 9.17) is 4.74 Å². The highest BCUT2D eigenvalue weighted by atomic mass is 79.9. The van der Waals surface area contributed by atoms with Crippen molar-refractivity contribution in [3.63, 3.8) is 0 Å². The van der Waals surface area contributed by atoms with Gasteiger partial charge in [-0.15, -0.1) is 0 Å². The number of carbonyl (C=O) groups excluding carboxylic acids is 2. The van der Waals surface area contributed by atoms with Gasteiger partial charge in [-0.3, -0.25) is 14.5 Å². The van der Waals surface area contributed by atoms with Crippen LogP contribution in [0.5, 0.6) is 5.75 Å². The number of anilines is 1. The molecule has 0 radical (unpaired) electrons. The summed E-state index contributed by atoms with van der Waals surface area (Å²) in [6, 6.07) is 21.1. The van der Waals surface area contributed by atoms with Crippen molar-refractivity contribution in [1.29, 1.82) is 0 Å². The molecule has 174 valence electrons. The number of hydrogen-bond donors (Lipinski definition) is 1. The summed E-state index contributed by atoms with van der Waals surface area (Å²) in [6.45, 7) is 6.19. The van der Waals surface area contributed by atoms with E-state index in [1.54, 1.807) is 18.2 Å². The Bertz CT molecular complexity index is 1270. The Kier molecular flexibility index (Phi) is 6.36. The van der Waals surface area contributed by atoms with E-state index in [9.17, 15) is 14.7 Å². The third-order valence-corrected chi connectivity index (χ3v) is 6.51. The second kappa shape index (κ2) is 9.11. The van der Waals surface area contributed by atoms with Crippen LogP contribution in [0.25, 0.3) is 5.76 Å². The number of benzene rings is 3. The Morgan fingerprint density at radius 3 is 2.21 bits per heavy atom. The number of aliphatic hydroxyl groups excluding tert-OH is 1. The van der Waals surface area contributed by atoms with Gasteiger partial charge in [-0.2, -0.15) is 0 Å². The van der Waals surface area contributed by atoms with E-state index >= 15 is 0 Å². The van der Waals surface area contributed by atoms with E-state index in [-0.39, 0.29) is 16.7 Å². The normalized spacial score (nSPS) is 17.8. The molecule has 0 saturated carbocycles. The first kappa shape index (κ1) is 23.8. The van der Waals surface area contributed by atoms with E-state index in [2.05, 4.69) is 36.7 Å². The van der Waals surface area contributed by atoms with Crippen LogP contribution in [0, 0.1) is 0 Å². The fraction of sp³-hybridized carbons (Fsp3) is 0.214. The molecule has 1 amide bonds. The van der Waals surface area contributed by atoms with Crippen molar-refractivity contribution in [3.05, 3.63) is 99.5 Å². The molecule has 3 aromatic carbocycles. The van der Waals surface area contributed by atoms with Gasteiger partial charge < -0.3 is 9.84 Å². The third kappa shape index (κ3) is 4.26. The minimum atomic E-state index is -0.793. The quantitative estimate of drug-likeness (QED) is 0.246. The molecule has 1 unspecified atom stereocenters. The highest BCUT2D eigenvalue weighted by Crippen LogP contribution is 2.44. The van der Waals surface area contributed by atoms with Crippen LogP contribution in [0.1, 0.15) is 43.5 Å². The number of ketones is 1. The lowest BCUT2D eigenvalue weighted by atomic mass is 9.85. The van der Waals surface area contributed by atoms with Crippen LogP contribution in [0.4, 0.5) is 5.69 Å². The summed E-state index contributed by atoms with van der Waals surface area (Å²) < 4.78 is 6.38. The summed E-state index contributed by atoms with van der Waals surface area (Å²) in [7, 11) is 1.51. The minimum absolute atomic E-state index is 0.0283. The number of rotatable bonds is 4. The molecule has 1 aliphatic heterocycles. The van der Waals surface area contributed by atoms with Gasteiger partial charge in [0, 0.05) is 10.2 Å². The summed E-state index contributed by atoms with van der Waals surface area (Å²) in [5, 5.41) is 11.6. The number of aliphatic hydroxyl groups is 1. The number of nitrogens with zero attached hydrogens (tertiary/aromatic N) is 1. The van der Waals surface area contributed by atoms with Gasteiger partial charge in [-0.05, 0) is 52.9 Å². The van der Waals surface area contributed by atoms with Crippen molar-refractivity contribution in [2.45, 2.75) is 32.2 Å². The molecule has 1 fully saturated rings. The maximum absolute atomic E-state index is 13.4. The maximum atomic E-state index is 13.4. The molecule has 1 atom stereocenters. The number of amides is 1. The fourth-order valence-electron chi connectivity index (χ4n) is 4.15. The van der Waals surface area contributed by atoms with Gasteiger partial charge in [0.1, 0.15) is 11.5 Å². The highest BCUT2D eigenvalue weighted by Gasteiger charge is 2.47. The molecular weight excluding hydrogens is 494 g/mol. The van der Waals surface area contributed by atoms with Crippen molar-refractivity contribution in [1.82, 2.24) is 0 Å². The second-order valence-corrected chi connectivity index (χ2v) is 10.1. The second-order valence-electron chi connectivity index (χ2n) is 9.22. The summed E-state index contributed by atoms with van der Waals surface area (Å²) in [5.74, 6) is -1.26. The van der Waals surface area contributed by atoms with Crippen molar-refractivity contribution in [2.75, 3.05) is 12.0 Å². The first-order valence-electron chi connectivity index (χ1n) is 10.9. The van der Waals surface area contributed by atoms with Crippen molar-refractivity contribution in [3.8, 4) is 5.75 Å². The highest BCUT2D eigenvalue weighted by molar-refractivity contribution is 9.10. The van der Waals surface area contributed by atoms with Crippen LogP contribution in [-0.2, 0) is 15.0 Å². The van der Waals surface area contributed by atoms with Crippen molar-refractivity contribution in [2.24, 2.45) is 0 Å². The van der Waals surface area contributed by atoms with Crippen LogP contribution in [0.2, 0.25) is 0 Å². The summed E-state index contributed by atoms with van der Waals surface area (Å²) >= 11 is 3.44. The van der Waals surface area contributed by atoms with E-state index in [0.717, 1.165) is 10.0 Å². The molecule has 3 aromatic rings. The van der Waals surface area contributed by atoms with E-state index in [1.165, 1.54) is 12.0 Å². The molecule has 1 aliphatic rings. The van der Waals surface area contributed by atoms with Gasteiger partial charge in [0.15, 0.2) is 0 Å². The monoisotopic (exact) mass is 519 g/mol. The number of Topliss-reactive ketones (excluding diaryl/α,β-unsaturated/α-hetero) is 1. The van der Waals surface area contributed by atoms with Gasteiger partial charge >= 0.3 is 0 Å². The van der Waals surface area contributed by atoms with Gasteiger partial charge in [-0.1, -0.05) is 73.1 Å². The molecule has 0 bridgehead atoms. The molecule has 1 saturated heterocycles. The Hall–Kier alpha value is -3.38. The van der Waals surface area contributed by atoms with Crippen molar-refractivity contribution >= 4 is 39.1 Å². The summed E-state index contributed by atoms with van der Waals surface area (Å²) in [5.41, 5.74) is 2.46. The van der Waals surface area contributed by atoms with Gasteiger partial charge in [-0.25, -0.2) is 0 Å². The zero-order valence-corrected chi connectivity index (χ0v) is 21.1. The first-order valence-corrected chi connectivity index (χ1v) is 11.7. The molecule has 0 aliphatic carbocycles. The molecule has 6 heteroatoms. The zero-order chi connectivity index (χ0) is 24.6. The smallest absolute Gasteiger partial charge is 0.300 e. The number of carbonyl (C=O) groups is 2. The van der Waals surface area contributed by atoms with Crippen LogP contribution in [0.3, 0.4) is 0 Å². The fourth-order valence-corrected chi connectivity index (χ4v) is 4.42. The standard InChI is InChI=1S/C28H26BrNO4/c1-28(2,3)18-12-15-22(34-4)21(16-18)25(31)23-24(17-10-13-19(29)14-11-17)30(27(33)26(23)32)20-8-6-5-7-9-20/h5-16,24,31H,1-4H3/b25-23+. The number of ether oxygens (including phenoxy) is 1. The molecule has 5 nitrogen and oxygen atoms in total. The molecule has 4 rings (SSSR count). The number of para-hydroxylation sites is 1. The zero-order valence-electron chi connectivity index (χ0n) is 19.5. The van der Waals surface area contributed by atoms with E-state index in [1.807, 2.05) is 54.6 Å². The lowest BCUT2D eigenvalue weighted by Crippen LogP contribution is -2.29. The average molecular weight is 520 g/mol. The summed E-state index contributed by atoms with van der Waals surface area (Å²) in [4.78, 5) is 28.1. The van der Waals surface area contributed by atoms with Gasteiger partial charge in [0.25, 0.3) is 11.7 Å². The predicted molar refractivity (Wildman–Crippen MR) is 137 cm³/mol. The molecular formula is C28H26BrNO4. The largest absolute Gasteiger partial charge is 0.507 e. The van der Waals surface area contributed by atoms with Gasteiger partial charge in [0.2, 0.25) is 0 Å². The first-order chi connectivity index (χ1) is 16.1. The topological polar surface area (TPSA) is 66.8 Å². The number of methoxy groups -OCH3 is 1. The van der Waals surface area contributed by atoms with Gasteiger partial charge in [0.05, 0.1) is 24.3 Å². The van der Waals surface area contributed by atoms with Crippen LogP contribution in [-0.4, -0.2) is 23.9 Å². The third-order valence-electron chi connectivity index (χ3n) is 5.99.